The van der Waals surface area contributed by atoms with Crippen molar-refractivity contribution < 1.29 is 19.1 Å². The standard InChI is InChI=1S/C26H40O4/c1-3-5-7-8-9-10-11-12-13-14-15-16-22-30-26(28)24-19-17-23(18-20-24)25(27)29-21-6-4-2/h4,17-20H,2-3,5-16,21-22H2,1H3. The molecule has 4 nitrogen and oxygen atoms in total. The van der Waals surface area contributed by atoms with E-state index >= 15 is 0 Å². The average molecular weight is 417 g/mol. The van der Waals surface area contributed by atoms with Gasteiger partial charge in [-0.2, -0.15) is 0 Å². The molecule has 4 heteroatoms. The van der Waals surface area contributed by atoms with E-state index in [-0.39, 0.29) is 5.97 Å². The smallest absolute Gasteiger partial charge is 0.338 e. The predicted octanol–water partition coefficient (Wildman–Crippen LogP) is 7.28. The van der Waals surface area contributed by atoms with Gasteiger partial charge >= 0.3 is 11.9 Å². The molecule has 0 spiro atoms. The summed E-state index contributed by atoms with van der Waals surface area (Å²) in [6, 6.07) is 6.40. The molecule has 0 heterocycles. The number of esters is 2. The summed E-state index contributed by atoms with van der Waals surface area (Å²) < 4.78 is 10.4. The Morgan fingerprint density at radius 3 is 1.53 bits per heavy atom. The number of rotatable bonds is 18. The fraction of sp³-hybridized carbons (Fsp3) is 0.615. The highest BCUT2D eigenvalue weighted by Gasteiger charge is 2.10. The fourth-order valence-electron chi connectivity index (χ4n) is 3.25. The SMILES string of the molecule is C=CCCOC(=O)c1ccc(C(=O)OCCCCCCCCCCCCCC)cc1. The molecule has 1 rings (SSSR count). The molecule has 0 amide bonds. The van der Waals surface area contributed by atoms with Crippen LogP contribution >= 0.6 is 0 Å². The highest BCUT2D eigenvalue weighted by Crippen LogP contribution is 2.12. The van der Waals surface area contributed by atoms with Gasteiger partial charge in [0.2, 0.25) is 0 Å². The van der Waals surface area contributed by atoms with Crippen molar-refractivity contribution in [3.63, 3.8) is 0 Å². The van der Waals surface area contributed by atoms with Crippen LogP contribution in [0.5, 0.6) is 0 Å². The fourth-order valence-corrected chi connectivity index (χ4v) is 3.25. The zero-order chi connectivity index (χ0) is 21.9. The molecule has 0 saturated heterocycles. The van der Waals surface area contributed by atoms with Gasteiger partial charge in [-0.05, 0) is 37.1 Å². The second kappa shape index (κ2) is 17.7. The van der Waals surface area contributed by atoms with E-state index in [1.54, 1.807) is 30.3 Å². The van der Waals surface area contributed by atoms with Crippen LogP contribution in [0.2, 0.25) is 0 Å². The summed E-state index contributed by atoms with van der Waals surface area (Å²) in [7, 11) is 0. The maximum atomic E-state index is 12.1. The van der Waals surface area contributed by atoms with Crippen molar-refractivity contribution in [3.05, 3.63) is 48.0 Å². The highest BCUT2D eigenvalue weighted by atomic mass is 16.5. The van der Waals surface area contributed by atoms with Crippen molar-refractivity contribution in [2.45, 2.75) is 90.4 Å². The molecule has 0 aromatic heterocycles. The topological polar surface area (TPSA) is 52.6 Å². The summed E-state index contributed by atoms with van der Waals surface area (Å²) in [4.78, 5) is 23.9. The lowest BCUT2D eigenvalue weighted by atomic mass is 10.1. The van der Waals surface area contributed by atoms with E-state index in [9.17, 15) is 9.59 Å². The Balaban J connectivity index is 2.05. The first kappa shape index (κ1) is 25.9. The van der Waals surface area contributed by atoms with Gasteiger partial charge in [-0.25, -0.2) is 9.59 Å². The van der Waals surface area contributed by atoms with E-state index in [0.29, 0.717) is 30.8 Å². The van der Waals surface area contributed by atoms with E-state index in [1.165, 1.54) is 64.2 Å². The van der Waals surface area contributed by atoms with Crippen LogP contribution in [-0.4, -0.2) is 25.2 Å². The van der Waals surface area contributed by atoms with Crippen LogP contribution in [0.4, 0.5) is 0 Å². The first-order valence-electron chi connectivity index (χ1n) is 11.7. The summed E-state index contributed by atoms with van der Waals surface area (Å²) in [5, 5.41) is 0. The summed E-state index contributed by atoms with van der Waals surface area (Å²) >= 11 is 0. The third kappa shape index (κ3) is 12.5. The molecule has 0 radical (unpaired) electrons. The summed E-state index contributed by atoms with van der Waals surface area (Å²) in [5.74, 6) is -0.738. The highest BCUT2D eigenvalue weighted by molar-refractivity contribution is 5.93. The van der Waals surface area contributed by atoms with Gasteiger partial charge in [0.25, 0.3) is 0 Å². The molecular weight excluding hydrogens is 376 g/mol. The van der Waals surface area contributed by atoms with E-state index in [4.69, 9.17) is 9.47 Å². The molecule has 30 heavy (non-hydrogen) atoms. The lowest BCUT2D eigenvalue weighted by Gasteiger charge is -2.06. The lowest BCUT2D eigenvalue weighted by Crippen LogP contribution is -2.09. The molecular formula is C26H40O4. The number of ether oxygens (including phenoxy) is 2. The number of unbranched alkanes of at least 4 members (excludes halogenated alkanes) is 11. The van der Waals surface area contributed by atoms with Crippen LogP contribution in [0, 0.1) is 0 Å². The molecule has 168 valence electrons. The van der Waals surface area contributed by atoms with Crippen molar-refractivity contribution in [1.29, 1.82) is 0 Å². The Morgan fingerprint density at radius 2 is 1.10 bits per heavy atom. The molecule has 0 fully saturated rings. The van der Waals surface area contributed by atoms with Crippen molar-refractivity contribution in [2.24, 2.45) is 0 Å². The molecule has 0 atom stereocenters. The number of carbonyl (C=O) groups excluding carboxylic acids is 2. The Bertz CT molecular complexity index is 592. The molecule has 1 aromatic carbocycles. The molecule has 0 aliphatic carbocycles. The molecule has 0 N–H and O–H groups in total. The first-order chi connectivity index (χ1) is 14.7. The Kier molecular flexibility index (Phi) is 15.3. The molecule has 0 saturated carbocycles. The summed E-state index contributed by atoms with van der Waals surface area (Å²) in [6.07, 6.45) is 17.7. The summed E-state index contributed by atoms with van der Waals surface area (Å²) in [6.45, 7) is 6.60. The van der Waals surface area contributed by atoms with Crippen LogP contribution in [0.1, 0.15) is 111 Å². The van der Waals surface area contributed by atoms with Gasteiger partial charge in [-0.3, -0.25) is 0 Å². The van der Waals surface area contributed by atoms with Crippen molar-refractivity contribution in [2.75, 3.05) is 13.2 Å². The van der Waals surface area contributed by atoms with E-state index < -0.39 is 5.97 Å². The molecule has 0 aliphatic heterocycles. The van der Waals surface area contributed by atoms with Crippen LogP contribution in [0.25, 0.3) is 0 Å². The second-order valence-electron chi connectivity index (χ2n) is 7.82. The zero-order valence-electron chi connectivity index (χ0n) is 18.8. The number of hydrogen-bond acceptors (Lipinski definition) is 4. The quantitative estimate of drug-likeness (QED) is 0.143. The number of carbonyl (C=O) groups is 2. The molecule has 0 aliphatic rings. The molecule has 0 bridgehead atoms. The van der Waals surface area contributed by atoms with E-state index in [0.717, 1.165) is 12.8 Å². The summed E-state index contributed by atoms with van der Waals surface area (Å²) in [5.41, 5.74) is 0.883. The molecule has 1 aromatic rings. The van der Waals surface area contributed by atoms with Gasteiger partial charge in [-0.15, -0.1) is 6.58 Å². The van der Waals surface area contributed by atoms with E-state index in [1.807, 2.05) is 0 Å². The van der Waals surface area contributed by atoms with Gasteiger partial charge in [0.05, 0.1) is 24.3 Å². The van der Waals surface area contributed by atoms with Gasteiger partial charge in [0, 0.05) is 0 Å². The maximum absolute atomic E-state index is 12.1. The zero-order valence-corrected chi connectivity index (χ0v) is 18.8. The second-order valence-corrected chi connectivity index (χ2v) is 7.82. The first-order valence-corrected chi connectivity index (χ1v) is 11.7. The lowest BCUT2D eigenvalue weighted by molar-refractivity contribution is 0.0488. The normalized spacial score (nSPS) is 10.6. The van der Waals surface area contributed by atoms with Crippen molar-refractivity contribution >= 4 is 11.9 Å². The van der Waals surface area contributed by atoms with Crippen molar-refractivity contribution in [1.82, 2.24) is 0 Å². The minimum Gasteiger partial charge on any atom is -0.462 e. The third-order valence-electron chi connectivity index (χ3n) is 5.14. The van der Waals surface area contributed by atoms with Gasteiger partial charge in [0.15, 0.2) is 0 Å². The Morgan fingerprint density at radius 1 is 0.700 bits per heavy atom. The average Bonchev–Trinajstić information content (AvgIpc) is 2.77. The number of benzene rings is 1. The van der Waals surface area contributed by atoms with Gasteiger partial charge < -0.3 is 9.47 Å². The maximum Gasteiger partial charge on any atom is 0.338 e. The largest absolute Gasteiger partial charge is 0.462 e. The van der Waals surface area contributed by atoms with Crippen molar-refractivity contribution in [3.8, 4) is 0 Å². The third-order valence-corrected chi connectivity index (χ3v) is 5.14. The van der Waals surface area contributed by atoms with Crippen LogP contribution in [0.3, 0.4) is 0 Å². The Labute approximate surface area is 183 Å². The predicted molar refractivity (Wildman–Crippen MR) is 123 cm³/mol. The molecule has 0 unspecified atom stereocenters. The van der Waals surface area contributed by atoms with Crippen LogP contribution in [0.15, 0.2) is 36.9 Å². The monoisotopic (exact) mass is 416 g/mol. The minimum absolute atomic E-state index is 0.311. The minimum atomic E-state index is -0.395. The van der Waals surface area contributed by atoms with E-state index in [2.05, 4.69) is 13.5 Å². The van der Waals surface area contributed by atoms with Crippen LogP contribution < -0.4 is 0 Å². The number of hydrogen-bond donors (Lipinski definition) is 0. The Hall–Kier alpha value is -2.10. The van der Waals surface area contributed by atoms with Crippen LogP contribution in [-0.2, 0) is 9.47 Å². The van der Waals surface area contributed by atoms with Gasteiger partial charge in [-0.1, -0.05) is 83.6 Å². The van der Waals surface area contributed by atoms with Gasteiger partial charge in [0.1, 0.15) is 0 Å².